The van der Waals surface area contributed by atoms with Crippen LogP contribution in [0.25, 0.3) is 22.8 Å². The van der Waals surface area contributed by atoms with Gasteiger partial charge in [-0.2, -0.15) is 4.98 Å². The molecule has 30 heavy (non-hydrogen) atoms. The number of benzene rings is 2. The van der Waals surface area contributed by atoms with Gasteiger partial charge in [0.15, 0.2) is 11.0 Å². The van der Waals surface area contributed by atoms with Gasteiger partial charge in [0.1, 0.15) is 5.75 Å². The number of allylic oxidation sites excluding steroid dienone is 1. The Kier molecular flexibility index (Phi) is 6.29. The van der Waals surface area contributed by atoms with Gasteiger partial charge in [-0.05, 0) is 24.3 Å². The third kappa shape index (κ3) is 4.31. The Balaban J connectivity index is 1.56. The zero-order chi connectivity index (χ0) is 20.9. The lowest BCUT2D eigenvalue weighted by Crippen LogP contribution is -2.01. The summed E-state index contributed by atoms with van der Waals surface area (Å²) in [7, 11) is 1.64. The molecule has 0 atom stereocenters. The summed E-state index contributed by atoms with van der Waals surface area (Å²) in [5.74, 6) is 3.00. The Bertz CT molecular complexity index is 1170. The Morgan fingerprint density at radius 1 is 1.20 bits per heavy atom. The third-order valence-electron chi connectivity index (χ3n) is 4.25. The van der Waals surface area contributed by atoms with Crippen LogP contribution in [0.2, 0.25) is 0 Å². The summed E-state index contributed by atoms with van der Waals surface area (Å²) in [5.41, 5.74) is 1.76. The van der Waals surface area contributed by atoms with Crippen LogP contribution >= 0.6 is 27.7 Å². The molecule has 0 aliphatic heterocycles. The zero-order valence-electron chi connectivity index (χ0n) is 16.2. The molecule has 0 fully saturated rings. The maximum atomic E-state index is 5.47. The van der Waals surface area contributed by atoms with Crippen LogP contribution in [0.15, 0.2) is 75.3 Å². The third-order valence-corrected chi connectivity index (χ3v) is 5.70. The van der Waals surface area contributed by atoms with Crippen LogP contribution in [-0.2, 0) is 12.3 Å². The van der Waals surface area contributed by atoms with Gasteiger partial charge >= 0.3 is 0 Å². The van der Waals surface area contributed by atoms with E-state index < -0.39 is 0 Å². The van der Waals surface area contributed by atoms with Gasteiger partial charge in [0.25, 0.3) is 0 Å². The molecule has 9 heteroatoms. The van der Waals surface area contributed by atoms with Crippen LogP contribution in [0, 0.1) is 0 Å². The Morgan fingerprint density at radius 2 is 2.07 bits per heavy atom. The van der Waals surface area contributed by atoms with Gasteiger partial charge in [-0.25, -0.2) is 0 Å². The molecule has 0 spiro atoms. The maximum absolute atomic E-state index is 5.47. The average Bonchev–Trinajstić information content (AvgIpc) is 3.40. The molecule has 2 heterocycles. The molecule has 0 aliphatic rings. The highest BCUT2D eigenvalue weighted by molar-refractivity contribution is 9.10. The van der Waals surface area contributed by atoms with Crippen LogP contribution in [0.3, 0.4) is 0 Å². The van der Waals surface area contributed by atoms with E-state index in [-0.39, 0.29) is 0 Å². The van der Waals surface area contributed by atoms with Crippen molar-refractivity contribution in [2.75, 3.05) is 7.11 Å². The molecule has 2 aromatic carbocycles. The number of hydrogen-bond acceptors (Lipinski definition) is 7. The number of para-hydroxylation sites is 1. The van der Waals surface area contributed by atoms with Crippen LogP contribution in [-0.4, -0.2) is 32.0 Å². The number of hydrogen-bond donors (Lipinski definition) is 0. The van der Waals surface area contributed by atoms with Gasteiger partial charge in [0, 0.05) is 16.6 Å². The number of nitrogens with zero attached hydrogens (tertiary/aromatic N) is 5. The maximum Gasteiger partial charge on any atom is 0.237 e. The fraction of sp³-hybridized carbons (Fsp3) is 0.143. The number of thioether (sulfide) groups is 1. The molecule has 0 amide bonds. The van der Waals surface area contributed by atoms with E-state index in [1.807, 2.05) is 59.2 Å². The van der Waals surface area contributed by atoms with Crippen molar-refractivity contribution in [1.82, 2.24) is 24.9 Å². The minimum atomic E-state index is 0.474. The number of ether oxygens (including phenoxy) is 1. The number of aromatic nitrogens is 5. The van der Waals surface area contributed by atoms with Gasteiger partial charge in [-0.1, -0.05) is 63.2 Å². The Labute approximate surface area is 186 Å². The van der Waals surface area contributed by atoms with E-state index in [9.17, 15) is 0 Å². The molecule has 0 unspecified atom stereocenters. The predicted molar refractivity (Wildman–Crippen MR) is 119 cm³/mol. The van der Waals surface area contributed by atoms with Crippen LogP contribution in [0.1, 0.15) is 5.89 Å². The predicted octanol–water partition coefficient (Wildman–Crippen LogP) is 5.24. The Hall–Kier alpha value is -2.91. The fourth-order valence-electron chi connectivity index (χ4n) is 2.90. The zero-order valence-corrected chi connectivity index (χ0v) is 18.6. The van der Waals surface area contributed by atoms with E-state index in [1.165, 1.54) is 11.8 Å². The summed E-state index contributed by atoms with van der Waals surface area (Å²) < 4.78 is 13.8. The monoisotopic (exact) mass is 483 g/mol. The lowest BCUT2D eigenvalue weighted by Gasteiger charge is -2.10. The lowest BCUT2D eigenvalue weighted by molar-refractivity contribution is 0.391. The van der Waals surface area contributed by atoms with Crippen molar-refractivity contribution in [3.8, 4) is 28.5 Å². The topological polar surface area (TPSA) is 78.9 Å². The van der Waals surface area contributed by atoms with Crippen molar-refractivity contribution >= 4 is 27.7 Å². The van der Waals surface area contributed by atoms with E-state index >= 15 is 0 Å². The van der Waals surface area contributed by atoms with Gasteiger partial charge in [-0.3, -0.25) is 4.57 Å². The van der Waals surface area contributed by atoms with Crippen LogP contribution in [0.5, 0.6) is 5.75 Å². The van der Waals surface area contributed by atoms with Crippen LogP contribution < -0.4 is 4.74 Å². The SMILES string of the molecule is C=CCn1c(SCc2nc(-c3cccc(Br)c3)no2)nnc1-c1ccccc1OC. The summed E-state index contributed by atoms with van der Waals surface area (Å²) >= 11 is 4.93. The molecule has 7 nitrogen and oxygen atoms in total. The normalized spacial score (nSPS) is 10.9. The molecule has 152 valence electrons. The minimum absolute atomic E-state index is 0.474. The first-order valence-corrected chi connectivity index (χ1v) is 10.9. The van der Waals surface area contributed by atoms with Gasteiger partial charge in [0.05, 0.1) is 18.4 Å². The van der Waals surface area contributed by atoms with Crippen molar-refractivity contribution in [2.45, 2.75) is 17.5 Å². The molecule has 0 N–H and O–H groups in total. The van der Waals surface area contributed by atoms with E-state index in [1.54, 1.807) is 7.11 Å². The van der Waals surface area contributed by atoms with Crippen molar-refractivity contribution in [2.24, 2.45) is 0 Å². The first kappa shape index (κ1) is 20.4. The smallest absolute Gasteiger partial charge is 0.237 e. The molecule has 2 aromatic heterocycles. The lowest BCUT2D eigenvalue weighted by atomic mass is 10.2. The first-order chi connectivity index (χ1) is 14.7. The fourth-order valence-corrected chi connectivity index (χ4v) is 4.09. The second kappa shape index (κ2) is 9.27. The molecule has 4 aromatic rings. The summed E-state index contributed by atoms with van der Waals surface area (Å²) in [4.78, 5) is 4.49. The average molecular weight is 484 g/mol. The van der Waals surface area contributed by atoms with Gasteiger partial charge < -0.3 is 9.26 Å². The minimum Gasteiger partial charge on any atom is -0.496 e. The first-order valence-electron chi connectivity index (χ1n) is 9.08. The molecule has 0 saturated carbocycles. The molecular formula is C21H18BrN5O2S. The van der Waals surface area contributed by atoms with Gasteiger partial charge in [-0.15, -0.1) is 16.8 Å². The standard InChI is InChI=1S/C21H18BrN5O2S/c1-3-11-27-20(16-9-4-5-10-17(16)28-2)24-25-21(27)30-13-18-23-19(26-29-18)14-7-6-8-15(22)12-14/h3-10,12H,1,11,13H2,2H3. The van der Waals surface area contributed by atoms with Crippen LogP contribution in [0.4, 0.5) is 0 Å². The summed E-state index contributed by atoms with van der Waals surface area (Å²) in [5, 5.41) is 13.5. The molecule has 0 radical (unpaired) electrons. The van der Waals surface area contributed by atoms with Crippen molar-refractivity contribution in [3.63, 3.8) is 0 Å². The van der Waals surface area contributed by atoms with Crippen molar-refractivity contribution in [3.05, 3.63) is 71.5 Å². The summed E-state index contributed by atoms with van der Waals surface area (Å²) in [6.07, 6.45) is 1.81. The number of methoxy groups -OCH3 is 1. The van der Waals surface area contributed by atoms with E-state index in [2.05, 4.69) is 42.8 Å². The highest BCUT2D eigenvalue weighted by Crippen LogP contribution is 2.32. The quantitative estimate of drug-likeness (QED) is 0.250. The van der Waals surface area contributed by atoms with Crippen molar-refractivity contribution in [1.29, 1.82) is 0 Å². The second-order valence-electron chi connectivity index (χ2n) is 6.22. The largest absolute Gasteiger partial charge is 0.496 e. The number of halogens is 1. The number of rotatable bonds is 8. The summed E-state index contributed by atoms with van der Waals surface area (Å²) in [6, 6.07) is 15.5. The molecule has 4 rings (SSSR count). The van der Waals surface area contributed by atoms with E-state index in [0.29, 0.717) is 24.0 Å². The van der Waals surface area contributed by atoms with Crippen molar-refractivity contribution < 1.29 is 9.26 Å². The molecule has 0 saturated heterocycles. The van der Waals surface area contributed by atoms with E-state index in [0.717, 1.165) is 32.3 Å². The molecule has 0 bridgehead atoms. The Morgan fingerprint density at radius 3 is 2.87 bits per heavy atom. The highest BCUT2D eigenvalue weighted by Gasteiger charge is 2.18. The molecule has 0 aliphatic carbocycles. The molecular weight excluding hydrogens is 466 g/mol. The summed E-state index contributed by atoms with van der Waals surface area (Å²) in [6.45, 7) is 4.42. The second-order valence-corrected chi connectivity index (χ2v) is 8.07. The van der Waals surface area contributed by atoms with E-state index in [4.69, 9.17) is 9.26 Å². The highest BCUT2D eigenvalue weighted by atomic mass is 79.9. The van der Waals surface area contributed by atoms with Gasteiger partial charge in [0.2, 0.25) is 11.7 Å².